The van der Waals surface area contributed by atoms with Gasteiger partial charge in [-0.3, -0.25) is 10.3 Å². The summed E-state index contributed by atoms with van der Waals surface area (Å²) in [7, 11) is 1.58. The Morgan fingerprint density at radius 1 is 1.37 bits per heavy atom. The molecule has 0 radical (unpaired) electrons. The summed E-state index contributed by atoms with van der Waals surface area (Å²) in [5, 5.41) is 6.01. The fourth-order valence-electron chi connectivity index (χ4n) is 2.05. The van der Waals surface area contributed by atoms with Crippen molar-refractivity contribution in [1.82, 2.24) is 15.3 Å². The first-order chi connectivity index (χ1) is 13.0. The second-order valence-electron chi connectivity index (χ2n) is 5.81. The number of nitrogens with one attached hydrogen (secondary N) is 2. The second kappa shape index (κ2) is 10.5. The van der Waals surface area contributed by atoms with Gasteiger partial charge in [0, 0.05) is 24.9 Å². The maximum atomic E-state index is 12.0. The molecular formula is C19H24N4O3S. The smallest absolute Gasteiger partial charge is 0.321 e. The number of rotatable bonds is 7. The van der Waals surface area contributed by atoms with Gasteiger partial charge in [-0.1, -0.05) is 24.2 Å². The number of carbonyl (C=O) groups excluding carboxylic acids is 1. The molecule has 0 aliphatic carbocycles. The third kappa shape index (κ3) is 6.89. The SMILES string of the molecule is CCCO[C@@H](C)CNC(=O)Nc1nc(C)c(C#Cc2cncc(OC)c2)s1. The van der Waals surface area contributed by atoms with Crippen LogP contribution in [0.5, 0.6) is 5.75 Å². The van der Waals surface area contributed by atoms with Crippen molar-refractivity contribution in [3.05, 3.63) is 34.6 Å². The van der Waals surface area contributed by atoms with Crippen LogP contribution in [0.3, 0.4) is 0 Å². The van der Waals surface area contributed by atoms with Crippen LogP contribution in [-0.4, -0.2) is 42.4 Å². The lowest BCUT2D eigenvalue weighted by molar-refractivity contribution is 0.0682. The summed E-state index contributed by atoms with van der Waals surface area (Å²) in [5.74, 6) is 6.75. The summed E-state index contributed by atoms with van der Waals surface area (Å²) < 4.78 is 10.7. The number of carbonyl (C=O) groups is 1. The molecule has 2 amide bonds. The highest BCUT2D eigenvalue weighted by atomic mass is 32.1. The van der Waals surface area contributed by atoms with Crippen molar-refractivity contribution in [3.63, 3.8) is 0 Å². The van der Waals surface area contributed by atoms with E-state index in [0.29, 0.717) is 24.0 Å². The van der Waals surface area contributed by atoms with Crippen molar-refractivity contribution >= 4 is 22.5 Å². The molecular weight excluding hydrogens is 364 g/mol. The number of amides is 2. The summed E-state index contributed by atoms with van der Waals surface area (Å²) in [6, 6.07) is 1.50. The molecule has 0 aromatic carbocycles. The van der Waals surface area contributed by atoms with E-state index in [9.17, 15) is 4.79 Å². The van der Waals surface area contributed by atoms with Crippen molar-refractivity contribution in [2.24, 2.45) is 0 Å². The molecule has 2 heterocycles. The van der Waals surface area contributed by atoms with Gasteiger partial charge >= 0.3 is 6.03 Å². The lowest BCUT2D eigenvalue weighted by Crippen LogP contribution is -2.35. The standard InChI is InChI=1S/C19H24N4O3S/c1-5-8-26-13(2)10-21-18(24)23-19-22-14(3)17(27-19)7-6-15-9-16(25-4)12-20-11-15/h9,11-13H,5,8,10H2,1-4H3,(H2,21,22,23,24)/t13-/m0/s1. The zero-order chi connectivity index (χ0) is 19.6. The fraction of sp³-hybridized carbons (Fsp3) is 0.421. The number of methoxy groups -OCH3 is 1. The van der Waals surface area contributed by atoms with Crippen molar-refractivity contribution in [1.29, 1.82) is 0 Å². The van der Waals surface area contributed by atoms with Crippen LogP contribution >= 0.6 is 11.3 Å². The van der Waals surface area contributed by atoms with E-state index in [1.807, 2.05) is 26.8 Å². The van der Waals surface area contributed by atoms with Crippen molar-refractivity contribution in [2.75, 3.05) is 25.6 Å². The molecule has 7 nitrogen and oxygen atoms in total. The first-order valence-electron chi connectivity index (χ1n) is 8.66. The van der Waals surface area contributed by atoms with Gasteiger partial charge in [0.25, 0.3) is 0 Å². The van der Waals surface area contributed by atoms with Gasteiger partial charge in [0.05, 0.1) is 25.1 Å². The zero-order valence-corrected chi connectivity index (χ0v) is 16.8. The van der Waals surface area contributed by atoms with Gasteiger partial charge in [0.2, 0.25) is 0 Å². The van der Waals surface area contributed by atoms with E-state index in [2.05, 4.69) is 32.4 Å². The maximum absolute atomic E-state index is 12.0. The number of pyridine rings is 1. The Labute approximate surface area is 163 Å². The average Bonchev–Trinajstić information content (AvgIpc) is 3.02. The molecule has 2 rings (SSSR count). The van der Waals surface area contributed by atoms with E-state index >= 15 is 0 Å². The molecule has 2 N–H and O–H groups in total. The number of thiazole rings is 1. The highest BCUT2D eigenvalue weighted by molar-refractivity contribution is 7.16. The van der Waals surface area contributed by atoms with Gasteiger partial charge in [-0.2, -0.15) is 0 Å². The van der Waals surface area contributed by atoms with Crippen LogP contribution in [0.1, 0.15) is 36.4 Å². The lowest BCUT2D eigenvalue weighted by atomic mass is 10.2. The summed E-state index contributed by atoms with van der Waals surface area (Å²) in [6.45, 7) is 6.94. The third-order valence-electron chi connectivity index (χ3n) is 3.44. The van der Waals surface area contributed by atoms with Crippen molar-refractivity contribution < 1.29 is 14.3 Å². The van der Waals surface area contributed by atoms with E-state index in [1.54, 1.807) is 19.5 Å². The van der Waals surface area contributed by atoms with Crippen molar-refractivity contribution in [2.45, 2.75) is 33.3 Å². The molecule has 0 unspecified atom stereocenters. The van der Waals surface area contributed by atoms with E-state index in [0.717, 1.165) is 22.6 Å². The molecule has 8 heteroatoms. The topological polar surface area (TPSA) is 85.4 Å². The molecule has 2 aromatic heterocycles. The Bertz CT molecular complexity index is 826. The predicted octanol–water partition coefficient (Wildman–Crippen LogP) is 3.19. The first kappa shape index (κ1) is 20.7. The quantitative estimate of drug-likeness (QED) is 0.712. The molecule has 144 valence electrons. The van der Waals surface area contributed by atoms with Gasteiger partial charge in [-0.25, -0.2) is 9.78 Å². The summed E-state index contributed by atoms with van der Waals surface area (Å²) in [5.41, 5.74) is 1.51. The highest BCUT2D eigenvalue weighted by Gasteiger charge is 2.10. The highest BCUT2D eigenvalue weighted by Crippen LogP contribution is 2.21. The minimum atomic E-state index is -0.313. The lowest BCUT2D eigenvalue weighted by Gasteiger charge is -2.13. The minimum absolute atomic E-state index is 0.0355. The van der Waals surface area contributed by atoms with E-state index in [4.69, 9.17) is 9.47 Å². The number of hydrogen-bond acceptors (Lipinski definition) is 6. The number of nitrogens with zero attached hydrogens (tertiary/aromatic N) is 2. The first-order valence-corrected chi connectivity index (χ1v) is 9.48. The number of urea groups is 1. The van der Waals surface area contributed by atoms with Crippen LogP contribution in [0.2, 0.25) is 0 Å². The van der Waals surface area contributed by atoms with Gasteiger partial charge in [0.15, 0.2) is 5.13 Å². The number of anilines is 1. The minimum Gasteiger partial charge on any atom is -0.495 e. The van der Waals surface area contributed by atoms with Gasteiger partial charge in [-0.15, -0.1) is 0 Å². The average molecular weight is 388 g/mol. The van der Waals surface area contributed by atoms with E-state index in [1.165, 1.54) is 11.3 Å². The Morgan fingerprint density at radius 2 is 2.19 bits per heavy atom. The maximum Gasteiger partial charge on any atom is 0.321 e. The molecule has 0 bridgehead atoms. The molecule has 0 aliphatic heterocycles. The van der Waals surface area contributed by atoms with Crippen LogP contribution in [0.4, 0.5) is 9.93 Å². The zero-order valence-electron chi connectivity index (χ0n) is 16.0. The Hall–Kier alpha value is -2.63. The molecule has 0 saturated heterocycles. The summed E-state index contributed by atoms with van der Waals surface area (Å²) >= 11 is 1.33. The monoisotopic (exact) mass is 388 g/mol. The summed E-state index contributed by atoms with van der Waals surface area (Å²) in [4.78, 5) is 21.2. The Morgan fingerprint density at radius 3 is 2.93 bits per heavy atom. The largest absolute Gasteiger partial charge is 0.495 e. The van der Waals surface area contributed by atoms with Crippen LogP contribution in [0, 0.1) is 18.8 Å². The van der Waals surface area contributed by atoms with Crippen molar-refractivity contribution in [3.8, 4) is 17.6 Å². The van der Waals surface area contributed by atoms with Gasteiger partial charge in [-0.05, 0) is 32.3 Å². The number of hydrogen-bond donors (Lipinski definition) is 2. The molecule has 27 heavy (non-hydrogen) atoms. The van der Waals surface area contributed by atoms with Crippen LogP contribution in [0.25, 0.3) is 0 Å². The molecule has 0 saturated carbocycles. The molecule has 1 atom stereocenters. The van der Waals surface area contributed by atoms with Crippen LogP contribution in [0.15, 0.2) is 18.5 Å². The third-order valence-corrected chi connectivity index (χ3v) is 4.43. The Kier molecular flexibility index (Phi) is 8.04. The molecule has 0 fully saturated rings. The number of ether oxygens (including phenoxy) is 2. The van der Waals surface area contributed by atoms with Crippen LogP contribution < -0.4 is 15.4 Å². The fourth-order valence-corrected chi connectivity index (χ4v) is 2.86. The van der Waals surface area contributed by atoms with E-state index < -0.39 is 0 Å². The van der Waals surface area contributed by atoms with E-state index in [-0.39, 0.29) is 12.1 Å². The Balaban J connectivity index is 1.94. The van der Waals surface area contributed by atoms with Gasteiger partial charge < -0.3 is 14.8 Å². The molecule has 2 aromatic rings. The van der Waals surface area contributed by atoms with Crippen LogP contribution in [-0.2, 0) is 4.74 Å². The number of aryl methyl sites for hydroxylation is 1. The summed E-state index contributed by atoms with van der Waals surface area (Å²) in [6.07, 6.45) is 4.20. The van der Waals surface area contributed by atoms with Gasteiger partial charge in [0.1, 0.15) is 10.6 Å². The second-order valence-corrected chi connectivity index (χ2v) is 6.81. The normalized spacial score (nSPS) is 11.3. The molecule has 0 spiro atoms. The predicted molar refractivity (Wildman–Crippen MR) is 106 cm³/mol. The number of aromatic nitrogens is 2. The molecule has 0 aliphatic rings.